The molecule has 11 rings (SSSR count). The lowest BCUT2D eigenvalue weighted by molar-refractivity contribution is 0.776. The normalized spacial score (nSPS) is 12.7. The fraction of sp³-hybridized carbons (Fsp3) is 0.108. The molecule has 1 aliphatic carbocycles. The third-order valence-electron chi connectivity index (χ3n) is 14.5. The molecule has 10 aromatic rings. The van der Waals surface area contributed by atoms with Crippen LogP contribution in [0, 0.1) is 17.9 Å². The van der Waals surface area contributed by atoms with E-state index in [0.717, 1.165) is 34.1 Å². The third kappa shape index (κ3) is 7.74. The molecule has 0 spiro atoms. The predicted molar refractivity (Wildman–Crippen MR) is 305 cm³/mol. The second-order valence-electron chi connectivity index (χ2n) is 20.8. The van der Waals surface area contributed by atoms with Gasteiger partial charge < -0.3 is 9.80 Å². The topological polar surface area (TPSA) is 34.6 Å². The van der Waals surface area contributed by atoms with Crippen molar-refractivity contribution in [3.8, 4) is 17.2 Å². The van der Waals surface area contributed by atoms with Crippen LogP contribution in [0.3, 0.4) is 0 Å². The van der Waals surface area contributed by atoms with Crippen molar-refractivity contribution in [2.75, 3.05) is 9.80 Å². The number of nitriles is 1. The minimum absolute atomic E-state index is 0.615. The molecule has 0 saturated carbocycles. The molecule has 0 saturated heterocycles. The van der Waals surface area contributed by atoms with Crippen LogP contribution in [-0.4, -0.2) is 16.1 Å². The first-order valence-electron chi connectivity index (χ1n) is 24.4. The Kier molecular flexibility index (Phi) is 11.2. The Morgan fingerprint density at radius 3 is 1.37 bits per heavy atom. The molecule has 0 bridgehead atoms. The summed E-state index contributed by atoms with van der Waals surface area (Å²) in [5.74, 6) is 0. The van der Waals surface area contributed by atoms with Gasteiger partial charge >= 0.3 is 0 Å². The van der Waals surface area contributed by atoms with Gasteiger partial charge in [0, 0.05) is 34.1 Å². The lowest BCUT2D eigenvalue weighted by Gasteiger charge is -2.36. The van der Waals surface area contributed by atoms with Crippen LogP contribution in [0.5, 0.6) is 0 Å². The number of anilines is 6. The van der Waals surface area contributed by atoms with Gasteiger partial charge in [0.15, 0.2) is 5.69 Å². The molecule has 0 atom stereocenters. The van der Waals surface area contributed by atoms with E-state index >= 15 is 0 Å². The SMILES string of the molecule is [C-]#[N+]c1ccc(N(c2ccc([Si](C)(C)C)cc2)c2ccc3c4c(c5ccccc5c3c2)-c2ccc(N(c3ccc(C#N)cc3)c3ccc([Si](C)(C)C)cc3)cc2C4(c2ccccc2)c2ccccc2)cc1. The van der Waals surface area contributed by atoms with E-state index in [-0.39, 0.29) is 0 Å². The zero-order valence-corrected chi connectivity index (χ0v) is 43.1. The van der Waals surface area contributed by atoms with E-state index in [4.69, 9.17) is 6.57 Å². The van der Waals surface area contributed by atoms with Crippen molar-refractivity contribution in [1.82, 2.24) is 0 Å². The predicted octanol–water partition coefficient (Wildman–Crippen LogP) is 16.8. The Balaban J connectivity index is 1.21. The van der Waals surface area contributed by atoms with Crippen molar-refractivity contribution in [3.63, 3.8) is 0 Å². The molecule has 4 nitrogen and oxygen atoms in total. The summed E-state index contributed by atoms with van der Waals surface area (Å²) in [5.41, 5.74) is 14.0. The minimum Gasteiger partial charge on any atom is -0.311 e. The number of benzene rings is 10. The average Bonchev–Trinajstić information content (AvgIpc) is 3.71. The smallest absolute Gasteiger partial charge is 0.187 e. The number of nitrogens with zero attached hydrogens (tertiary/aromatic N) is 4. The Labute approximate surface area is 420 Å². The summed E-state index contributed by atoms with van der Waals surface area (Å²) in [7, 11) is -3.13. The number of fused-ring (bicyclic) bond motifs is 8. The van der Waals surface area contributed by atoms with Crippen molar-refractivity contribution < 1.29 is 0 Å². The fourth-order valence-corrected chi connectivity index (χ4v) is 13.3. The Bertz CT molecular complexity index is 3670. The standard InChI is InChI=1S/C65H54N4Si2/c1-67-48-24-28-50(29-25-48)68(51-30-36-55(37-31-51)70(2,3)4)53-34-40-59-61(42-53)57-20-14-15-21-58(57)63-60-41-35-54(43-62(60)65(64(59)63,46-16-10-8-11-17-46)47-18-12-9-13-19-47)69(49-26-22-45(44-66)23-27-49)52-32-38-56(39-33-52)71(5,6)7/h8-43H,2-7H3. The Morgan fingerprint density at radius 1 is 0.437 bits per heavy atom. The fourth-order valence-electron chi connectivity index (χ4n) is 10.9. The van der Waals surface area contributed by atoms with Crippen LogP contribution in [0.4, 0.5) is 39.8 Å². The summed E-state index contributed by atoms with van der Waals surface area (Å²) >= 11 is 0. The molecular formula is C65H54N4Si2. The van der Waals surface area contributed by atoms with Gasteiger partial charge in [-0.1, -0.05) is 183 Å². The van der Waals surface area contributed by atoms with E-state index in [9.17, 15) is 5.26 Å². The van der Waals surface area contributed by atoms with Crippen LogP contribution < -0.4 is 20.2 Å². The highest BCUT2D eigenvalue weighted by Gasteiger charge is 2.48. The zero-order valence-electron chi connectivity index (χ0n) is 41.1. The highest BCUT2D eigenvalue weighted by atomic mass is 28.3. The van der Waals surface area contributed by atoms with Gasteiger partial charge in [-0.15, -0.1) is 0 Å². The van der Waals surface area contributed by atoms with Crippen molar-refractivity contribution in [3.05, 3.63) is 258 Å². The van der Waals surface area contributed by atoms with Gasteiger partial charge in [0.25, 0.3) is 0 Å². The molecule has 0 unspecified atom stereocenters. The maximum Gasteiger partial charge on any atom is 0.187 e. The average molecular weight is 947 g/mol. The van der Waals surface area contributed by atoms with Gasteiger partial charge in [-0.2, -0.15) is 5.26 Å². The zero-order chi connectivity index (χ0) is 49.1. The van der Waals surface area contributed by atoms with Gasteiger partial charge in [-0.05, 0) is 140 Å². The number of hydrogen-bond donors (Lipinski definition) is 0. The van der Waals surface area contributed by atoms with Gasteiger partial charge in [0.1, 0.15) is 0 Å². The summed E-state index contributed by atoms with van der Waals surface area (Å²) in [6, 6.07) is 81.7. The van der Waals surface area contributed by atoms with Crippen LogP contribution in [0.15, 0.2) is 218 Å². The summed E-state index contributed by atoms with van der Waals surface area (Å²) in [6.45, 7) is 22.0. The van der Waals surface area contributed by atoms with Crippen LogP contribution in [0.2, 0.25) is 39.3 Å². The summed E-state index contributed by atoms with van der Waals surface area (Å²) in [5, 5.41) is 17.4. The molecule has 0 fully saturated rings. The minimum atomic E-state index is -1.57. The Hall–Kier alpha value is -8.27. The van der Waals surface area contributed by atoms with Crippen LogP contribution in [-0.2, 0) is 5.41 Å². The van der Waals surface area contributed by atoms with Crippen molar-refractivity contribution in [2.45, 2.75) is 44.7 Å². The van der Waals surface area contributed by atoms with E-state index in [1.54, 1.807) is 0 Å². The molecule has 0 aliphatic heterocycles. The van der Waals surface area contributed by atoms with Gasteiger partial charge in [0.05, 0.1) is 39.8 Å². The first-order valence-corrected chi connectivity index (χ1v) is 31.4. The molecule has 1 aliphatic rings. The molecule has 10 aromatic carbocycles. The largest absolute Gasteiger partial charge is 0.311 e. The van der Waals surface area contributed by atoms with E-state index in [0.29, 0.717) is 11.3 Å². The second-order valence-corrected chi connectivity index (χ2v) is 30.9. The lowest BCUT2D eigenvalue weighted by Crippen LogP contribution is -2.37. The maximum absolute atomic E-state index is 9.85. The van der Waals surface area contributed by atoms with E-state index in [1.165, 1.54) is 65.3 Å². The number of hydrogen-bond acceptors (Lipinski definition) is 3. The highest BCUT2D eigenvalue weighted by Crippen LogP contribution is 2.61. The molecular weight excluding hydrogens is 893 g/mol. The molecule has 342 valence electrons. The van der Waals surface area contributed by atoms with E-state index < -0.39 is 21.6 Å². The summed E-state index contributed by atoms with van der Waals surface area (Å²) in [6.07, 6.45) is 0. The molecule has 6 heteroatoms. The van der Waals surface area contributed by atoms with Gasteiger partial charge in [-0.25, -0.2) is 4.85 Å². The first kappa shape index (κ1) is 45.2. The van der Waals surface area contributed by atoms with E-state index in [1.807, 2.05) is 24.3 Å². The molecule has 0 amide bonds. The highest BCUT2D eigenvalue weighted by molar-refractivity contribution is 6.89. The first-order chi connectivity index (χ1) is 34.4. The third-order valence-corrected chi connectivity index (χ3v) is 18.6. The van der Waals surface area contributed by atoms with Crippen LogP contribution >= 0.6 is 0 Å². The molecule has 0 N–H and O–H groups in total. The molecule has 0 aromatic heterocycles. The maximum atomic E-state index is 9.85. The quantitative estimate of drug-likeness (QED) is 0.0778. The van der Waals surface area contributed by atoms with Gasteiger partial charge in [0.2, 0.25) is 0 Å². The summed E-state index contributed by atoms with van der Waals surface area (Å²) in [4.78, 5) is 8.41. The molecule has 0 radical (unpaired) electrons. The van der Waals surface area contributed by atoms with E-state index in [2.05, 4.69) is 254 Å². The second kappa shape index (κ2) is 17.6. The molecule has 0 heterocycles. The monoisotopic (exact) mass is 946 g/mol. The van der Waals surface area contributed by atoms with Crippen molar-refractivity contribution >= 4 is 87.9 Å². The Morgan fingerprint density at radius 2 is 0.873 bits per heavy atom. The van der Waals surface area contributed by atoms with Gasteiger partial charge in [-0.3, -0.25) is 0 Å². The molecule has 71 heavy (non-hydrogen) atoms. The van der Waals surface area contributed by atoms with Crippen molar-refractivity contribution in [2.24, 2.45) is 0 Å². The van der Waals surface area contributed by atoms with Crippen LogP contribution in [0.25, 0.3) is 37.5 Å². The van der Waals surface area contributed by atoms with Crippen LogP contribution in [0.1, 0.15) is 27.8 Å². The summed E-state index contributed by atoms with van der Waals surface area (Å²) < 4.78 is 0. The lowest BCUT2D eigenvalue weighted by atomic mass is 9.66. The van der Waals surface area contributed by atoms with Crippen molar-refractivity contribution in [1.29, 1.82) is 5.26 Å². The number of rotatable bonds is 10.